The standard InChI is InChI=1S/C9H8N2O4S/c1-5-6(2-3-14-5)8-10-11-9(15-8)16-4-7(12)13/h2-3H,4H2,1H3,(H,12,13)/p-1. The number of nitrogens with zero attached hydrogens (tertiary/aromatic N) is 2. The van der Waals surface area contributed by atoms with Crippen LogP contribution in [0.1, 0.15) is 5.76 Å². The van der Waals surface area contributed by atoms with E-state index in [1.807, 2.05) is 0 Å². The molecule has 2 heterocycles. The van der Waals surface area contributed by atoms with Crippen molar-refractivity contribution in [2.75, 3.05) is 5.75 Å². The molecular formula is C9H7N2O4S-. The van der Waals surface area contributed by atoms with E-state index < -0.39 is 5.97 Å². The second-order valence-electron chi connectivity index (χ2n) is 2.92. The van der Waals surface area contributed by atoms with Gasteiger partial charge in [-0.15, -0.1) is 10.2 Å². The van der Waals surface area contributed by atoms with E-state index in [-0.39, 0.29) is 11.0 Å². The molecule has 7 heteroatoms. The van der Waals surface area contributed by atoms with Crippen molar-refractivity contribution in [2.45, 2.75) is 12.1 Å². The molecule has 0 aliphatic heterocycles. The fraction of sp³-hybridized carbons (Fsp3) is 0.222. The Morgan fingerprint density at radius 3 is 3.00 bits per heavy atom. The van der Waals surface area contributed by atoms with Gasteiger partial charge in [-0.1, -0.05) is 11.8 Å². The lowest BCUT2D eigenvalue weighted by atomic mass is 10.3. The average molecular weight is 239 g/mol. The summed E-state index contributed by atoms with van der Waals surface area (Å²) in [5, 5.41) is 17.9. The Labute approximate surface area is 94.7 Å². The van der Waals surface area contributed by atoms with Gasteiger partial charge in [-0.2, -0.15) is 0 Å². The lowest BCUT2D eigenvalue weighted by Gasteiger charge is -1.95. The molecule has 16 heavy (non-hydrogen) atoms. The minimum absolute atomic E-state index is 0.194. The van der Waals surface area contributed by atoms with Gasteiger partial charge in [0.15, 0.2) is 0 Å². The quantitative estimate of drug-likeness (QED) is 0.716. The molecule has 0 radical (unpaired) electrons. The van der Waals surface area contributed by atoms with E-state index in [9.17, 15) is 9.90 Å². The highest BCUT2D eigenvalue weighted by molar-refractivity contribution is 7.99. The van der Waals surface area contributed by atoms with Gasteiger partial charge in [0.2, 0.25) is 0 Å². The molecule has 0 aliphatic carbocycles. The SMILES string of the molecule is Cc1occc1-c1nnc(SCC(=O)[O-])o1. The number of aryl methyl sites for hydroxylation is 1. The Bertz CT molecular complexity index is 505. The summed E-state index contributed by atoms with van der Waals surface area (Å²) in [5.41, 5.74) is 0.702. The summed E-state index contributed by atoms with van der Waals surface area (Å²) in [4.78, 5) is 10.2. The first-order valence-corrected chi connectivity index (χ1v) is 5.36. The van der Waals surface area contributed by atoms with E-state index in [1.165, 1.54) is 6.26 Å². The number of aliphatic carboxylic acids is 1. The molecule has 0 aliphatic rings. The third-order valence-corrected chi connectivity index (χ3v) is 2.60. The van der Waals surface area contributed by atoms with Crippen LogP contribution in [0.15, 0.2) is 26.4 Å². The number of carbonyl (C=O) groups excluding carboxylic acids is 1. The van der Waals surface area contributed by atoms with Crippen LogP contribution in [0.4, 0.5) is 0 Å². The van der Waals surface area contributed by atoms with Crippen LogP contribution in [0.3, 0.4) is 0 Å². The van der Waals surface area contributed by atoms with Gasteiger partial charge < -0.3 is 18.7 Å². The molecule has 0 bridgehead atoms. The number of carbonyl (C=O) groups is 1. The van der Waals surface area contributed by atoms with Crippen molar-refractivity contribution in [3.8, 4) is 11.5 Å². The summed E-state index contributed by atoms with van der Waals surface area (Å²) >= 11 is 0.920. The van der Waals surface area contributed by atoms with Crippen LogP contribution in [-0.2, 0) is 4.79 Å². The lowest BCUT2D eigenvalue weighted by Crippen LogP contribution is -2.24. The number of furan rings is 1. The number of aromatic nitrogens is 2. The third-order valence-electron chi connectivity index (χ3n) is 1.81. The molecule has 6 nitrogen and oxygen atoms in total. The predicted octanol–water partition coefficient (Wildman–Crippen LogP) is 0.480. The van der Waals surface area contributed by atoms with Crippen molar-refractivity contribution in [1.82, 2.24) is 10.2 Å². The van der Waals surface area contributed by atoms with Gasteiger partial charge in [-0.05, 0) is 13.0 Å². The Balaban J connectivity index is 2.14. The highest BCUT2D eigenvalue weighted by Crippen LogP contribution is 2.25. The zero-order valence-electron chi connectivity index (χ0n) is 8.30. The van der Waals surface area contributed by atoms with E-state index in [1.54, 1.807) is 13.0 Å². The molecule has 0 saturated carbocycles. The Morgan fingerprint density at radius 2 is 2.38 bits per heavy atom. The van der Waals surface area contributed by atoms with Gasteiger partial charge in [0.25, 0.3) is 11.1 Å². The molecule has 0 unspecified atom stereocenters. The van der Waals surface area contributed by atoms with Crippen molar-refractivity contribution in [3.05, 3.63) is 18.1 Å². The summed E-state index contributed by atoms with van der Waals surface area (Å²) in [7, 11) is 0. The molecule has 0 fully saturated rings. The normalized spacial score (nSPS) is 10.6. The molecule has 0 aromatic carbocycles. The molecule has 0 amide bonds. The number of thioether (sulfide) groups is 1. The minimum atomic E-state index is -1.18. The smallest absolute Gasteiger partial charge is 0.277 e. The number of hydrogen-bond donors (Lipinski definition) is 0. The monoisotopic (exact) mass is 239 g/mol. The first kappa shape index (κ1) is 10.7. The van der Waals surface area contributed by atoms with E-state index >= 15 is 0 Å². The van der Waals surface area contributed by atoms with Crippen LogP contribution >= 0.6 is 11.8 Å². The van der Waals surface area contributed by atoms with Crippen LogP contribution in [0.25, 0.3) is 11.5 Å². The highest BCUT2D eigenvalue weighted by atomic mass is 32.2. The Hall–Kier alpha value is -1.76. The van der Waals surface area contributed by atoms with Crippen molar-refractivity contribution in [3.63, 3.8) is 0 Å². The van der Waals surface area contributed by atoms with Gasteiger partial charge >= 0.3 is 0 Å². The molecule has 0 atom stereocenters. The molecular weight excluding hydrogens is 232 g/mol. The molecule has 84 valence electrons. The first-order valence-electron chi connectivity index (χ1n) is 4.37. The lowest BCUT2D eigenvalue weighted by molar-refractivity contribution is -0.301. The molecule has 2 aromatic heterocycles. The number of carboxylic acids is 1. The Kier molecular flexibility index (Phi) is 2.95. The molecule has 2 aromatic rings. The number of carboxylic acid groups (broad SMARTS) is 1. The first-order chi connectivity index (χ1) is 7.66. The van der Waals surface area contributed by atoms with Gasteiger partial charge in [0.1, 0.15) is 5.76 Å². The van der Waals surface area contributed by atoms with Crippen LogP contribution in [0, 0.1) is 6.92 Å². The van der Waals surface area contributed by atoms with Crippen LogP contribution in [0.5, 0.6) is 0 Å². The maximum Gasteiger partial charge on any atom is 0.277 e. The second kappa shape index (κ2) is 4.40. The van der Waals surface area contributed by atoms with Gasteiger partial charge in [-0.3, -0.25) is 0 Å². The number of rotatable bonds is 4. The van der Waals surface area contributed by atoms with Crippen molar-refractivity contribution in [2.24, 2.45) is 0 Å². The van der Waals surface area contributed by atoms with Crippen molar-refractivity contribution < 1.29 is 18.7 Å². The van der Waals surface area contributed by atoms with Crippen LogP contribution in [-0.4, -0.2) is 21.9 Å². The summed E-state index contributed by atoms with van der Waals surface area (Å²) < 4.78 is 10.3. The van der Waals surface area contributed by atoms with Crippen molar-refractivity contribution in [1.29, 1.82) is 0 Å². The number of hydrogen-bond acceptors (Lipinski definition) is 7. The summed E-state index contributed by atoms with van der Waals surface area (Å²) in [5.74, 6) is -0.414. The summed E-state index contributed by atoms with van der Waals surface area (Å²) in [6, 6.07) is 1.70. The maximum absolute atomic E-state index is 10.2. The van der Waals surface area contributed by atoms with E-state index in [2.05, 4.69) is 10.2 Å². The zero-order chi connectivity index (χ0) is 11.5. The fourth-order valence-electron chi connectivity index (χ4n) is 1.10. The maximum atomic E-state index is 10.2. The molecule has 0 spiro atoms. The highest BCUT2D eigenvalue weighted by Gasteiger charge is 2.12. The third kappa shape index (κ3) is 2.25. The summed E-state index contributed by atoms with van der Waals surface area (Å²) in [6.07, 6.45) is 1.52. The topological polar surface area (TPSA) is 92.2 Å². The average Bonchev–Trinajstić information content (AvgIpc) is 2.83. The van der Waals surface area contributed by atoms with Gasteiger partial charge in [0, 0.05) is 5.75 Å². The largest absolute Gasteiger partial charge is 0.549 e. The van der Waals surface area contributed by atoms with Gasteiger partial charge in [-0.25, -0.2) is 0 Å². The van der Waals surface area contributed by atoms with E-state index in [4.69, 9.17) is 8.83 Å². The van der Waals surface area contributed by atoms with Gasteiger partial charge in [0.05, 0.1) is 17.8 Å². The predicted molar refractivity (Wildman–Crippen MR) is 52.5 cm³/mol. The van der Waals surface area contributed by atoms with Crippen LogP contribution < -0.4 is 5.11 Å². The molecule has 0 saturated heterocycles. The van der Waals surface area contributed by atoms with E-state index in [0.29, 0.717) is 17.2 Å². The summed E-state index contributed by atoms with van der Waals surface area (Å²) in [6.45, 7) is 1.77. The fourth-order valence-corrected chi connectivity index (χ4v) is 1.58. The van der Waals surface area contributed by atoms with Crippen LogP contribution in [0.2, 0.25) is 0 Å². The minimum Gasteiger partial charge on any atom is -0.549 e. The van der Waals surface area contributed by atoms with Crippen molar-refractivity contribution >= 4 is 17.7 Å². The second-order valence-corrected chi connectivity index (χ2v) is 3.85. The Morgan fingerprint density at radius 1 is 1.56 bits per heavy atom. The zero-order valence-corrected chi connectivity index (χ0v) is 9.11. The van der Waals surface area contributed by atoms with E-state index in [0.717, 1.165) is 11.8 Å². The molecule has 2 rings (SSSR count). The molecule has 0 N–H and O–H groups in total.